The number of aromatic nitrogens is 2. The van der Waals surface area contributed by atoms with Crippen molar-refractivity contribution in [2.75, 3.05) is 7.05 Å². The lowest BCUT2D eigenvalue weighted by Crippen LogP contribution is -2.38. The molecule has 2 atom stereocenters. The molecular formula is C11H14N4S. The summed E-state index contributed by atoms with van der Waals surface area (Å²) in [6.45, 7) is 0. The third kappa shape index (κ3) is 2.34. The number of nitrogens with zero attached hydrogens (tertiary/aromatic N) is 3. The van der Waals surface area contributed by atoms with Crippen LogP contribution in [0.15, 0.2) is 23.6 Å². The minimum atomic E-state index is -0.329. The van der Waals surface area contributed by atoms with E-state index >= 15 is 0 Å². The van der Waals surface area contributed by atoms with E-state index in [1.54, 1.807) is 24.3 Å². The van der Waals surface area contributed by atoms with Gasteiger partial charge in [-0.1, -0.05) is 0 Å². The molecule has 0 bridgehead atoms. The van der Waals surface area contributed by atoms with Crippen LogP contribution in [0.4, 0.5) is 0 Å². The predicted octanol–water partition coefficient (Wildman–Crippen LogP) is 1.60. The van der Waals surface area contributed by atoms with Gasteiger partial charge in [0.25, 0.3) is 0 Å². The second kappa shape index (κ2) is 4.81. The van der Waals surface area contributed by atoms with Crippen molar-refractivity contribution in [3.63, 3.8) is 0 Å². The molecule has 1 fully saturated rings. The molecule has 84 valence electrons. The van der Waals surface area contributed by atoms with Crippen molar-refractivity contribution < 1.29 is 0 Å². The highest BCUT2D eigenvalue weighted by Crippen LogP contribution is 2.38. The Bertz CT molecular complexity index is 389. The van der Waals surface area contributed by atoms with Gasteiger partial charge in [0.2, 0.25) is 0 Å². The Morgan fingerprint density at radius 3 is 3.12 bits per heavy atom. The van der Waals surface area contributed by atoms with Gasteiger partial charge < -0.3 is 5.32 Å². The lowest BCUT2D eigenvalue weighted by molar-refractivity contribution is 0.464. The van der Waals surface area contributed by atoms with Crippen LogP contribution in [0.1, 0.15) is 19.3 Å². The molecule has 1 N–H and O–H groups in total. The Labute approximate surface area is 99.5 Å². The van der Waals surface area contributed by atoms with Crippen LogP contribution in [0.2, 0.25) is 0 Å². The summed E-state index contributed by atoms with van der Waals surface area (Å²) < 4.78 is 0. The average Bonchev–Trinajstić information content (AvgIpc) is 2.75. The topological polar surface area (TPSA) is 61.6 Å². The fourth-order valence-electron chi connectivity index (χ4n) is 2.00. The smallest absolute Gasteiger partial charge is 0.116 e. The van der Waals surface area contributed by atoms with Crippen LogP contribution in [0.25, 0.3) is 0 Å². The first kappa shape index (κ1) is 11.4. The third-order valence-corrected chi connectivity index (χ3v) is 4.22. The maximum absolute atomic E-state index is 9.15. The van der Waals surface area contributed by atoms with Gasteiger partial charge >= 0.3 is 0 Å². The van der Waals surface area contributed by atoms with Crippen LogP contribution in [0.5, 0.6) is 0 Å². The van der Waals surface area contributed by atoms with Crippen molar-refractivity contribution in [1.82, 2.24) is 15.3 Å². The number of nitrogens with one attached hydrogen (secondary N) is 1. The molecule has 1 saturated carbocycles. The van der Waals surface area contributed by atoms with Crippen molar-refractivity contribution in [2.45, 2.75) is 35.1 Å². The zero-order chi connectivity index (χ0) is 11.4. The monoisotopic (exact) mass is 234 g/mol. The normalized spacial score (nSPS) is 28.9. The highest BCUT2D eigenvalue weighted by Gasteiger charge is 2.38. The summed E-state index contributed by atoms with van der Waals surface area (Å²) in [5.74, 6) is 0. The van der Waals surface area contributed by atoms with Gasteiger partial charge in [0, 0.05) is 11.4 Å². The molecule has 4 nitrogen and oxygen atoms in total. The van der Waals surface area contributed by atoms with Gasteiger partial charge in [-0.2, -0.15) is 5.26 Å². The third-order valence-electron chi connectivity index (χ3n) is 3.00. The van der Waals surface area contributed by atoms with Gasteiger partial charge in [-0.3, -0.25) is 0 Å². The van der Waals surface area contributed by atoms with Crippen LogP contribution < -0.4 is 5.32 Å². The molecule has 1 aromatic rings. The first-order chi connectivity index (χ1) is 7.78. The summed E-state index contributed by atoms with van der Waals surface area (Å²) in [6, 6.07) is 4.30. The summed E-state index contributed by atoms with van der Waals surface area (Å²) in [5.41, 5.74) is -0.329. The van der Waals surface area contributed by atoms with E-state index < -0.39 is 0 Å². The van der Waals surface area contributed by atoms with Crippen molar-refractivity contribution in [3.05, 3.63) is 18.6 Å². The molecule has 0 aromatic carbocycles. The summed E-state index contributed by atoms with van der Waals surface area (Å²) in [5, 5.41) is 13.8. The Kier molecular flexibility index (Phi) is 3.42. The Hall–Kier alpha value is -1.12. The number of nitriles is 1. The van der Waals surface area contributed by atoms with Crippen molar-refractivity contribution >= 4 is 11.8 Å². The zero-order valence-corrected chi connectivity index (χ0v) is 10.00. The standard InChI is InChI=1S/C11H14N4S/c1-13-11(7-12)4-2-9(6-11)16-10-3-5-14-8-15-10/h3,5,8-9,13H,2,4,6H2,1H3. The van der Waals surface area contributed by atoms with Crippen molar-refractivity contribution in [2.24, 2.45) is 0 Å². The van der Waals surface area contributed by atoms with E-state index in [1.807, 2.05) is 13.1 Å². The van der Waals surface area contributed by atoms with Crippen LogP contribution in [-0.4, -0.2) is 27.8 Å². The molecule has 0 saturated heterocycles. The SMILES string of the molecule is CNC1(C#N)CCC(Sc2ccncn2)C1. The lowest BCUT2D eigenvalue weighted by Gasteiger charge is -2.19. The van der Waals surface area contributed by atoms with Gasteiger partial charge in [-0.15, -0.1) is 11.8 Å². The van der Waals surface area contributed by atoms with Crippen LogP contribution >= 0.6 is 11.8 Å². The minimum Gasteiger partial charge on any atom is -0.302 e. The molecule has 0 spiro atoms. The molecule has 5 heteroatoms. The van der Waals surface area contributed by atoms with Crippen molar-refractivity contribution in [3.8, 4) is 6.07 Å². The zero-order valence-electron chi connectivity index (χ0n) is 9.18. The summed E-state index contributed by atoms with van der Waals surface area (Å²) in [7, 11) is 1.86. The molecule has 1 aromatic heterocycles. The van der Waals surface area contributed by atoms with Crippen molar-refractivity contribution in [1.29, 1.82) is 5.26 Å². The summed E-state index contributed by atoms with van der Waals surface area (Å²) in [4.78, 5) is 8.08. The van der Waals surface area contributed by atoms with E-state index in [-0.39, 0.29) is 5.54 Å². The molecule has 0 aliphatic heterocycles. The first-order valence-electron chi connectivity index (χ1n) is 5.31. The van der Waals surface area contributed by atoms with Gasteiger partial charge in [0.05, 0.1) is 11.1 Å². The molecule has 1 aliphatic rings. The summed E-state index contributed by atoms with van der Waals surface area (Å²) >= 11 is 1.74. The lowest BCUT2D eigenvalue weighted by atomic mass is 10.0. The fourth-order valence-corrected chi connectivity index (χ4v) is 3.20. The highest BCUT2D eigenvalue weighted by atomic mass is 32.2. The number of thioether (sulfide) groups is 1. The fraction of sp³-hybridized carbons (Fsp3) is 0.545. The molecule has 16 heavy (non-hydrogen) atoms. The van der Waals surface area contributed by atoms with Crippen LogP contribution in [0.3, 0.4) is 0 Å². The van der Waals surface area contributed by atoms with E-state index in [1.165, 1.54) is 0 Å². The molecule has 2 rings (SSSR count). The number of rotatable bonds is 3. The predicted molar refractivity (Wildman–Crippen MR) is 62.9 cm³/mol. The van der Waals surface area contributed by atoms with E-state index in [0.29, 0.717) is 5.25 Å². The molecule has 2 unspecified atom stereocenters. The maximum Gasteiger partial charge on any atom is 0.116 e. The van der Waals surface area contributed by atoms with Crippen LogP contribution in [-0.2, 0) is 0 Å². The second-order valence-electron chi connectivity index (χ2n) is 3.97. The average molecular weight is 234 g/mol. The molecule has 1 heterocycles. The van der Waals surface area contributed by atoms with E-state index in [0.717, 1.165) is 24.3 Å². The number of hydrogen-bond acceptors (Lipinski definition) is 5. The molecule has 0 amide bonds. The van der Waals surface area contributed by atoms with E-state index in [2.05, 4.69) is 21.4 Å². The molecule has 1 aliphatic carbocycles. The Morgan fingerprint density at radius 2 is 2.56 bits per heavy atom. The summed E-state index contributed by atoms with van der Waals surface area (Å²) in [6.07, 6.45) is 6.17. The van der Waals surface area contributed by atoms with E-state index in [4.69, 9.17) is 5.26 Å². The van der Waals surface area contributed by atoms with E-state index in [9.17, 15) is 0 Å². The highest BCUT2D eigenvalue weighted by molar-refractivity contribution is 7.99. The van der Waals surface area contributed by atoms with Gasteiger partial charge in [-0.25, -0.2) is 9.97 Å². The molecular weight excluding hydrogens is 220 g/mol. The van der Waals surface area contributed by atoms with Crippen LogP contribution in [0, 0.1) is 11.3 Å². The Morgan fingerprint density at radius 1 is 1.69 bits per heavy atom. The largest absolute Gasteiger partial charge is 0.302 e. The van der Waals surface area contributed by atoms with Gasteiger partial charge in [-0.05, 0) is 32.4 Å². The Balaban J connectivity index is 1.98. The quantitative estimate of drug-likeness (QED) is 0.805. The van der Waals surface area contributed by atoms with Gasteiger partial charge in [0.15, 0.2) is 0 Å². The van der Waals surface area contributed by atoms with Gasteiger partial charge in [0.1, 0.15) is 11.9 Å². The number of hydrogen-bond donors (Lipinski definition) is 1. The molecule has 0 radical (unpaired) electrons. The maximum atomic E-state index is 9.15. The minimum absolute atomic E-state index is 0.329. The first-order valence-corrected chi connectivity index (χ1v) is 6.19. The second-order valence-corrected chi connectivity index (χ2v) is 5.29.